The molecule has 1 aliphatic rings. The summed E-state index contributed by atoms with van der Waals surface area (Å²) >= 11 is 1.55. The molecule has 1 saturated carbocycles. The minimum Gasteiger partial charge on any atom is -0.339 e. The van der Waals surface area contributed by atoms with Crippen LogP contribution in [0.5, 0.6) is 0 Å². The monoisotopic (exact) mass is 303 g/mol. The number of carbonyl (C=O) groups is 1. The van der Waals surface area contributed by atoms with Crippen molar-refractivity contribution in [3.63, 3.8) is 0 Å². The van der Waals surface area contributed by atoms with E-state index in [0.717, 1.165) is 42.1 Å². The highest BCUT2D eigenvalue weighted by molar-refractivity contribution is 7.99. The van der Waals surface area contributed by atoms with Crippen molar-refractivity contribution < 1.29 is 4.79 Å². The van der Waals surface area contributed by atoms with Crippen LogP contribution in [-0.4, -0.2) is 38.7 Å². The van der Waals surface area contributed by atoms with E-state index in [4.69, 9.17) is 0 Å². The van der Waals surface area contributed by atoms with E-state index in [0.29, 0.717) is 11.8 Å². The summed E-state index contributed by atoms with van der Waals surface area (Å²) in [7, 11) is 0. The fourth-order valence-electron chi connectivity index (χ4n) is 2.70. The molecule has 0 saturated heterocycles. The van der Waals surface area contributed by atoms with Crippen LogP contribution in [0.2, 0.25) is 0 Å². The number of aryl methyl sites for hydroxylation is 1. The number of thioether (sulfide) groups is 1. The molecule has 1 aromatic heterocycles. The lowest BCUT2D eigenvalue weighted by molar-refractivity contribution is -0.128. The van der Waals surface area contributed by atoms with E-state index in [1.165, 1.54) is 0 Å². The molecular weight excluding hydrogens is 282 g/mol. The number of amides is 1. The zero-order valence-corrected chi connectivity index (χ0v) is 13.4. The van der Waals surface area contributed by atoms with Crippen LogP contribution in [0.4, 0.5) is 0 Å². The third kappa shape index (κ3) is 2.93. The van der Waals surface area contributed by atoms with Gasteiger partial charge in [-0.3, -0.25) is 4.79 Å². The molecule has 0 unspecified atom stereocenters. The number of benzene rings is 1. The van der Waals surface area contributed by atoms with Crippen molar-refractivity contribution in [1.82, 2.24) is 14.5 Å². The van der Waals surface area contributed by atoms with Crippen LogP contribution in [0.3, 0.4) is 0 Å². The van der Waals surface area contributed by atoms with Crippen LogP contribution in [-0.2, 0) is 11.3 Å². The van der Waals surface area contributed by atoms with Crippen molar-refractivity contribution in [2.45, 2.75) is 44.4 Å². The summed E-state index contributed by atoms with van der Waals surface area (Å²) in [5.74, 6) is 0.716. The Bertz CT molecular complexity index is 648. The van der Waals surface area contributed by atoms with Gasteiger partial charge < -0.3 is 9.47 Å². The molecular formula is C16H21N3OS. The zero-order chi connectivity index (χ0) is 14.8. The van der Waals surface area contributed by atoms with E-state index in [1.54, 1.807) is 11.8 Å². The summed E-state index contributed by atoms with van der Waals surface area (Å²) in [4.78, 5) is 19.0. The molecule has 0 spiro atoms. The van der Waals surface area contributed by atoms with E-state index in [1.807, 2.05) is 23.1 Å². The SMILES string of the molecule is CCN(C(=O)CSc1nc2ccccc2n1CC)C1CC1. The zero-order valence-electron chi connectivity index (χ0n) is 12.6. The Balaban J connectivity index is 1.74. The number of para-hydroxylation sites is 2. The van der Waals surface area contributed by atoms with Gasteiger partial charge in [-0.1, -0.05) is 23.9 Å². The lowest BCUT2D eigenvalue weighted by Crippen LogP contribution is -2.34. The molecule has 0 bridgehead atoms. The summed E-state index contributed by atoms with van der Waals surface area (Å²) in [6.45, 7) is 5.86. The highest BCUT2D eigenvalue weighted by atomic mass is 32.2. The Kier molecular flexibility index (Phi) is 4.19. The third-order valence-corrected chi connectivity index (χ3v) is 4.87. The average Bonchev–Trinajstić information content (AvgIpc) is 3.26. The second-order valence-electron chi connectivity index (χ2n) is 5.33. The van der Waals surface area contributed by atoms with Gasteiger partial charge in [0.25, 0.3) is 0 Å². The maximum absolute atomic E-state index is 12.3. The molecule has 1 amide bonds. The Labute approximate surface area is 129 Å². The Morgan fingerprint density at radius 2 is 2.14 bits per heavy atom. The van der Waals surface area contributed by atoms with Gasteiger partial charge in [0.2, 0.25) is 5.91 Å². The molecule has 1 fully saturated rings. The fourth-order valence-corrected chi connectivity index (χ4v) is 3.67. The number of rotatable bonds is 6. The van der Waals surface area contributed by atoms with Crippen LogP contribution in [0.25, 0.3) is 11.0 Å². The number of hydrogen-bond donors (Lipinski definition) is 0. The number of hydrogen-bond acceptors (Lipinski definition) is 3. The van der Waals surface area contributed by atoms with Gasteiger partial charge >= 0.3 is 0 Å². The second kappa shape index (κ2) is 6.10. The van der Waals surface area contributed by atoms with Crippen molar-refractivity contribution in [1.29, 1.82) is 0 Å². The molecule has 4 nitrogen and oxygen atoms in total. The molecule has 0 N–H and O–H groups in total. The molecule has 0 atom stereocenters. The van der Waals surface area contributed by atoms with Crippen molar-refractivity contribution in [2.75, 3.05) is 12.3 Å². The standard InChI is InChI=1S/C16H21N3OS/c1-3-18(12-9-10-12)15(20)11-21-16-17-13-7-5-6-8-14(13)19(16)4-2/h5-8,12H,3-4,9-11H2,1-2H3. The first kappa shape index (κ1) is 14.4. The van der Waals surface area contributed by atoms with Crippen molar-refractivity contribution in [3.8, 4) is 0 Å². The maximum atomic E-state index is 12.3. The van der Waals surface area contributed by atoms with E-state index in [-0.39, 0.29) is 5.91 Å². The molecule has 2 aromatic rings. The molecule has 21 heavy (non-hydrogen) atoms. The minimum atomic E-state index is 0.236. The molecule has 1 heterocycles. The largest absolute Gasteiger partial charge is 0.339 e. The molecule has 1 aromatic carbocycles. The van der Waals surface area contributed by atoms with Crippen molar-refractivity contribution in [3.05, 3.63) is 24.3 Å². The number of nitrogens with zero attached hydrogens (tertiary/aromatic N) is 3. The molecule has 112 valence electrons. The third-order valence-electron chi connectivity index (χ3n) is 3.91. The molecule has 3 rings (SSSR count). The van der Waals surface area contributed by atoms with Crippen molar-refractivity contribution >= 4 is 28.7 Å². The Morgan fingerprint density at radius 3 is 2.81 bits per heavy atom. The maximum Gasteiger partial charge on any atom is 0.233 e. The summed E-state index contributed by atoms with van der Waals surface area (Å²) in [5.41, 5.74) is 2.15. The predicted octanol–water partition coefficient (Wildman–Crippen LogP) is 3.16. The van der Waals surface area contributed by atoms with Crippen LogP contribution in [0.15, 0.2) is 29.4 Å². The van der Waals surface area contributed by atoms with Gasteiger partial charge in [-0.25, -0.2) is 4.98 Å². The van der Waals surface area contributed by atoms with E-state index >= 15 is 0 Å². The predicted molar refractivity (Wildman–Crippen MR) is 86.5 cm³/mol. The smallest absolute Gasteiger partial charge is 0.233 e. The number of imidazole rings is 1. The van der Waals surface area contributed by atoms with Gasteiger partial charge in [0, 0.05) is 19.1 Å². The Morgan fingerprint density at radius 1 is 1.38 bits per heavy atom. The van der Waals surface area contributed by atoms with Gasteiger partial charge in [-0.05, 0) is 38.8 Å². The molecule has 0 radical (unpaired) electrons. The summed E-state index contributed by atoms with van der Waals surface area (Å²) < 4.78 is 2.18. The quantitative estimate of drug-likeness (QED) is 0.769. The first-order valence-corrected chi connectivity index (χ1v) is 8.60. The summed E-state index contributed by atoms with van der Waals surface area (Å²) in [6.07, 6.45) is 2.33. The highest BCUT2D eigenvalue weighted by Gasteiger charge is 2.31. The van der Waals surface area contributed by atoms with Crippen LogP contribution in [0, 0.1) is 0 Å². The van der Waals surface area contributed by atoms with Crippen LogP contribution >= 0.6 is 11.8 Å². The number of fused-ring (bicyclic) bond motifs is 1. The number of carbonyl (C=O) groups excluding carboxylic acids is 1. The topological polar surface area (TPSA) is 38.1 Å². The normalized spacial score (nSPS) is 14.6. The number of aromatic nitrogens is 2. The first-order valence-electron chi connectivity index (χ1n) is 7.62. The second-order valence-corrected chi connectivity index (χ2v) is 6.27. The molecule has 1 aliphatic carbocycles. The van der Waals surface area contributed by atoms with Gasteiger partial charge in [0.15, 0.2) is 5.16 Å². The average molecular weight is 303 g/mol. The van der Waals surface area contributed by atoms with E-state index < -0.39 is 0 Å². The highest BCUT2D eigenvalue weighted by Crippen LogP contribution is 2.29. The van der Waals surface area contributed by atoms with E-state index in [9.17, 15) is 4.79 Å². The summed E-state index contributed by atoms with van der Waals surface area (Å²) in [6, 6.07) is 8.63. The molecule has 0 aliphatic heterocycles. The lowest BCUT2D eigenvalue weighted by atomic mass is 10.3. The van der Waals surface area contributed by atoms with Gasteiger partial charge in [0.1, 0.15) is 0 Å². The lowest BCUT2D eigenvalue weighted by Gasteiger charge is -2.19. The molecule has 5 heteroatoms. The Hall–Kier alpha value is -1.49. The van der Waals surface area contributed by atoms with Crippen LogP contribution in [0.1, 0.15) is 26.7 Å². The summed E-state index contributed by atoms with van der Waals surface area (Å²) in [5, 5.41) is 0.943. The van der Waals surface area contributed by atoms with Crippen molar-refractivity contribution in [2.24, 2.45) is 0 Å². The van der Waals surface area contributed by atoms with Gasteiger partial charge in [-0.15, -0.1) is 0 Å². The van der Waals surface area contributed by atoms with Crippen LogP contribution < -0.4 is 0 Å². The van der Waals surface area contributed by atoms with Gasteiger partial charge in [0.05, 0.1) is 16.8 Å². The minimum absolute atomic E-state index is 0.236. The first-order chi connectivity index (χ1) is 10.2. The fraction of sp³-hybridized carbons (Fsp3) is 0.500. The van der Waals surface area contributed by atoms with E-state index in [2.05, 4.69) is 29.5 Å². The van der Waals surface area contributed by atoms with Gasteiger partial charge in [-0.2, -0.15) is 0 Å².